The van der Waals surface area contributed by atoms with Crippen LogP contribution in [0, 0.1) is 0 Å². The Bertz CT molecular complexity index is 1150. The molecule has 0 aromatic carbocycles. The predicted molar refractivity (Wildman–Crippen MR) is 296 cm³/mol. The van der Waals surface area contributed by atoms with Gasteiger partial charge in [-0.25, -0.2) is 0 Å². The summed E-state index contributed by atoms with van der Waals surface area (Å²) < 4.78 is 5.44. The number of ether oxygens (including phenoxy) is 1. The maximum absolute atomic E-state index is 12.5. The van der Waals surface area contributed by atoms with Crippen LogP contribution in [0.1, 0.15) is 309 Å². The number of aliphatic hydroxyl groups excluding tert-OH is 2. The van der Waals surface area contributed by atoms with Crippen molar-refractivity contribution in [1.29, 1.82) is 0 Å². The number of aliphatic hydroxyl groups is 2. The smallest absolute Gasteiger partial charge is 0.305 e. The fourth-order valence-electron chi connectivity index (χ4n) is 8.96. The minimum atomic E-state index is -0.857. The lowest BCUT2D eigenvalue weighted by Gasteiger charge is -2.20. The topological polar surface area (TPSA) is 95.9 Å². The number of carbonyl (C=O) groups excluding carboxylic acids is 2. The summed E-state index contributed by atoms with van der Waals surface area (Å²) in [6, 6.07) is -0.642. The van der Waals surface area contributed by atoms with E-state index in [1.807, 2.05) is 6.08 Å². The van der Waals surface area contributed by atoms with E-state index in [-0.39, 0.29) is 18.5 Å². The summed E-state index contributed by atoms with van der Waals surface area (Å²) in [5, 5.41) is 23.2. The van der Waals surface area contributed by atoms with Crippen LogP contribution in [0.2, 0.25) is 0 Å². The van der Waals surface area contributed by atoms with Gasteiger partial charge in [-0.2, -0.15) is 0 Å². The average Bonchev–Trinajstić information content (AvgIpc) is 3.34. The van der Waals surface area contributed by atoms with Gasteiger partial charge in [0.05, 0.1) is 25.4 Å². The molecule has 2 unspecified atom stereocenters. The molecule has 0 saturated heterocycles. The van der Waals surface area contributed by atoms with Crippen LogP contribution in [0.25, 0.3) is 0 Å². The summed E-state index contributed by atoms with van der Waals surface area (Å²) in [5.74, 6) is -0.109. The molecule has 398 valence electrons. The first-order valence-corrected chi connectivity index (χ1v) is 29.9. The maximum atomic E-state index is 12.5. The number of allylic oxidation sites excluding steroid dienone is 7. The van der Waals surface area contributed by atoms with E-state index in [9.17, 15) is 19.8 Å². The minimum absolute atomic E-state index is 0.0267. The second-order valence-electron chi connectivity index (χ2n) is 20.3. The molecule has 1 amide bonds. The molecule has 0 bridgehead atoms. The maximum Gasteiger partial charge on any atom is 0.305 e. The van der Waals surface area contributed by atoms with Gasteiger partial charge >= 0.3 is 5.97 Å². The van der Waals surface area contributed by atoms with Crippen LogP contribution in [-0.4, -0.2) is 47.4 Å². The molecular weight excluding hydrogens is 839 g/mol. The van der Waals surface area contributed by atoms with Crippen LogP contribution in [0.15, 0.2) is 48.6 Å². The van der Waals surface area contributed by atoms with Crippen LogP contribution in [0.4, 0.5) is 0 Å². The van der Waals surface area contributed by atoms with Gasteiger partial charge in [-0.3, -0.25) is 9.59 Å². The predicted octanol–water partition coefficient (Wildman–Crippen LogP) is 18.6. The van der Waals surface area contributed by atoms with Gasteiger partial charge in [0.2, 0.25) is 5.91 Å². The van der Waals surface area contributed by atoms with Gasteiger partial charge in [-0.15, -0.1) is 0 Å². The van der Waals surface area contributed by atoms with E-state index in [1.54, 1.807) is 6.08 Å². The lowest BCUT2D eigenvalue weighted by atomic mass is 10.0. The van der Waals surface area contributed by atoms with E-state index >= 15 is 0 Å². The summed E-state index contributed by atoms with van der Waals surface area (Å²) in [6.45, 7) is 4.81. The molecular formula is C62H115NO5. The number of unbranched alkanes of at least 4 members (excludes halogenated alkanes) is 38. The third-order valence-electron chi connectivity index (χ3n) is 13.5. The summed E-state index contributed by atoms with van der Waals surface area (Å²) in [7, 11) is 0. The van der Waals surface area contributed by atoms with Crippen LogP contribution < -0.4 is 5.32 Å². The van der Waals surface area contributed by atoms with E-state index in [1.165, 1.54) is 199 Å². The minimum Gasteiger partial charge on any atom is -0.466 e. The van der Waals surface area contributed by atoms with Crippen molar-refractivity contribution in [2.75, 3.05) is 13.2 Å². The standard InChI is InChI=1S/C62H115NO5/c1-3-5-7-9-11-13-15-17-18-19-20-21-22-23-24-25-27-31-34-38-42-46-50-54-60(65)59(58-64)63-61(66)55-51-47-43-39-35-32-28-26-29-33-37-41-45-49-53-57-68-62(67)56-52-48-44-40-36-30-16-14-12-10-8-6-4-2/h8,10,14,16,29,33,50,54,59-60,64-65H,3-7,9,11-13,15,17-28,30-32,34-49,51-53,55-58H2,1-2H3,(H,63,66)/b10-8-,16-14-,33-29-,54-50+. The zero-order chi connectivity index (χ0) is 49.3. The molecule has 0 heterocycles. The number of nitrogens with one attached hydrogen (secondary N) is 1. The molecule has 2 atom stereocenters. The Kier molecular flexibility index (Phi) is 55.6. The summed E-state index contributed by atoms with van der Waals surface area (Å²) in [6.07, 6.45) is 72.8. The quantitative estimate of drug-likeness (QED) is 0.0321. The first-order chi connectivity index (χ1) is 33.5. The Morgan fingerprint density at radius 2 is 0.765 bits per heavy atom. The van der Waals surface area contributed by atoms with Crippen molar-refractivity contribution in [1.82, 2.24) is 5.32 Å². The first-order valence-electron chi connectivity index (χ1n) is 29.9. The Morgan fingerprint density at radius 1 is 0.412 bits per heavy atom. The van der Waals surface area contributed by atoms with Crippen molar-refractivity contribution in [2.24, 2.45) is 0 Å². The molecule has 0 fully saturated rings. The van der Waals surface area contributed by atoms with Crippen molar-refractivity contribution in [3.05, 3.63) is 48.6 Å². The lowest BCUT2D eigenvalue weighted by Crippen LogP contribution is -2.45. The number of hydrogen-bond donors (Lipinski definition) is 3. The normalized spacial score (nSPS) is 12.9. The number of carbonyl (C=O) groups is 2. The summed E-state index contributed by atoms with van der Waals surface area (Å²) >= 11 is 0. The van der Waals surface area contributed by atoms with Crippen molar-refractivity contribution >= 4 is 11.9 Å². The Labute approximate surface area is 423 Å². The van der Waals surface area contributed by atoms with Gasteiger partial charge in [0, 0.05) is 12.8 Å². The highest BCUT2D eigenvalue weighted by atomic mass is 16.5. The molecule has 0 aliphatic rings. The molecule has 3 N–H and O–H groups in total. The van der Waals surface area contributed by atoms with Crippen LogP contribution in [0.3, 0.4) is 0 Å². The molecule has 0 saturated carbocycles. The second-order valence-corrected chi connectivity index (χ2v) is 20.3. The molecule has 0 aliphatic carbocycles. The van der Waals surface area contributed by atoms with Gasteiger partial charge < -0.3 is 20.3 Å². The second kappa shape index (κ2) is 57.4. The number of hydrogen-bond acceptors (Lipinski definition) is 5. The number of amides is 1. The lowest BCUT2D eigenvalue weighted by molar-refractivity contribution is -0.143. The summed E-state index contributed by atoms with van der Waals surface area (Å²) in [4.78, 5) is 24.5. The summed E-state index contributed by atoms with van der Waals surface area (Å²) in [5.41, 5.74) is 0. The van der Waals surface area contributed by atoms with E-state index in [2.05, 4.69) is 55.6 Å². The average molecular weight is 955 g/mol. The highest BCUT2D eigenvalue weighted by Crippen LogP contribution is 2.17. The first kappa shape index (κ1) is 65.8. The van der Waals surface area contributed by atoms with Gasteiger partial charge in [-0.05, 0) is 83.5 Å². The fourth-order valence-corrected chi connectivity index (χ4v) is 8.96. The largest absolute Gasteiger partial charge is 0.466 e. The van der Waals surface area contributed by atoms with Crippen LogP contribution in [-0.2, 0) is 14.3 Å². The Hall–Kier alpha value is -2.18. The zero-order valence-electron chi connectivity index (χ0n) is 45.3. The fraction of sp³-hybridized carbons (Fsp3) is 0.839. The molecule has 0 aromatic rings. The van der Waals surface area contributed by atoms with E-state index in [4.69, 9.17) is 4.74 Å². The zero-order valence-corrected chi connectivity index (χ0v) is 45.3. The molecule has 0 spiro atoms. The van der Waals surface area contributed by atoms with Crippen molar-refractivity contribution in [3.63, 3.8) is 0 Å². The van der Waals surface area contributed by atoms with E-state index < -0.39 is 12.1 Å². The van der Waals surface area contributed by atoms with E-state index in [0.717, 1.165) is 83.5 Å². The van der Waals surface area contributed by atoms with Crippen LogP contribution >= 0.6 is 0 Å². The Balaban J connectivity index is 3.52. The molecule has 0 aromatic heterocycles. The number of rotatable bonds is 55. The molecule has 68 heavy (non-hydrogen) atoms. The van der Waals surface area contributed by atoms with Gasteiger partial charge in [0.1, 0.15) is 0 Å². The van der Waals surface area contributed by atoms with Crippen LogP contribution in [0.5, 0.6) is 0 Å². The number of esters is 1. The highest BCUT2D eigenvalue weighted by molar-refractivity contribution is 5.76. The molecule has 0 radical (unpaired) electrons. The van der Waals surface area contributed by atoms with Gasteiger partial charge in [0.25, 0.3) is 0 Å². The third-order valence-corrected chi connectivity index (χ3v) is 13.5. The SMILES string of the molecule is CCC/C=C\C/C=C\CCCCCCCC(=O)OCCCCCC/C=C\CCCCCCCCCC(=O)NC(CO)C(O)/C=C/CCCCCCCCCCCCCCCCCCCCCCC. The Morgan fingerprint density at radius 3 is 1.19 bits per heavy atom. The van der Waals surface area contributed by atoms with Crippen molar-refractivity contribution in [2.45, 2.75) is 321 Å². The highest BCUT2D eigenvalue weighted by Gasteiger charge is 2.18. The van der Waals surface area contributed by atoms with Gasteiger partial charge in [0.15, 0.2) is 0 Å². The molecule has 6 heteroatoms. The molecule has 0 rings (SSSR count). The monoisotopic (exact) mass is 954 g/mol. The van der Waals surface area contributed by atoms with E-state index in [0.29, 0.717) is 19.4 Å². The molecule has 6 nitrogen and oxygen atoms in total. The third kappa shape index (κ3) is 53.2. The molecule has 0 aliphatic heterocycles. The van der Waals surface area contributed by atoms with Crippen molar-refractivity contribution < 1.29 is 24.5 Å². The van der Waals surface area contributed by atoms with Gasteiger partial charge in [-0.1, -0.05) is 262 Å². The van der Waals surface area contributed by atoms with Crippen molar-refractivity contribution in [3.8, 4) is 0 Å².